The van der Waals surface area contributed by atoms with E-state index in [1.165, 1.54) is 83.5 Å². The summed E-state index contributed by atoms with van der Waals surface area (Å²) >= 11 is 0. The van der Waals surface area contributed by atoms with Crippen LogP contribution in [0.15, 0.2) is 35.1 Å². The highest BCUT2D eigenvalue weighted by Gasteiger charge is 2.15. The monoisotopic (exact) mass is 413 g/mol. The van der Waals surface area contributed by atoms with Crippen LogP contribution in [0.2, 0.25) is 0 Å². The number of hydrogen-bond donors (Lipinski definition) is 1. The average Bonchev–Trinajstić information content (AvgIpc) is 2.98. The Morgan fingerprint density at radius 2 is 1.20 bits per heavy atom. The molecule has 1 aromatic heterocycles. The number of nitrogen functional groups attached to an aromatic ring is 1. The molecule has 1 aromatic carbocycles. The van der Waals surface area contributed by atoms with E-state index in [-0.39, 0.29) is 5.56 Å². The van der Waals surface area contributed by atoms with Crippen molar-refractivity contribution < 1.29 is 0 Å². The van der Waals surface area contributed by atoms with Crippen LogP contribution in [0.25, 0.3) is 5.69 Å². The molecule has 0 bridgehead atoms. The Kier molecular flexibility index (Phi) is 11.4. The molecule has 0 unspecified atom stereocenters. The van der Waals surface area contributed by atoms with Gasteiger partial charge in [-0.3, -0.25) is 9.48 Å². The standard InChI is InChI=1S/C26H43N3O/c1-3-4-5-6-7-8-9-10-11-12-13-14-15-19-22-28-23(2)25(27)26(30)29(28)24-20-17-16-18-21-24/h16-18,20-21H,3-15,19,22,27H2,1-2H3. The topological polar surface area (TPSA) is 52.9 Å². The molecule has 2 rings (SSSR count). The number of unbranched alkanes of at least 4 members (excludes halogenated alkanes) is 13. The zero-order valence-electron chi connectivity index (χ0n) is 19.4. The summed E-state index contributed by atoms with van der Waals surface area (Å²) in [5.41, 5.74) is 8.05. The van der Waals surface area contributed by atoms with Crippen molar-refractivity contribution in [2.75, 3.05) is 5.73 Å². The maximum absolute atomic E-state index is 12.6. The molecule has 4 heteroatoms. The molecule has 168 valence electrons. The smallest absolute Gasteiger partial charge is 0.294 e. The number of aromatic nitrogens is 2. The zero-order chi connectivity index (χ0) is 21.6. The van der Waals surface area contributed by atoms with Crippen molar-refractivity contribution in [1.29, 1.82) is 0 Å². The molecule has 0 aliphatic rings. The van der Waals surface area contributed by atoms with Crippen molar-refractivity contribution in [3.05, 3.63) is 46.4 Å². The minimum atomic E-state index is -0.107. The molecule has 0 fully saturated rings. The fourth-order valence-corrected chi connectivity index (χ4v) is 4.22. The number of para-hydroxylation sites is 1. The number of nitrogens with zero attached hydrogens (tertiary/aromatic N) is 2. The van der Waals surface area contributed by atoms with Gasteiger partial charge in [0.05, 0.1) is 11.4 Å². The van der Waals surface area contributed by atoms with Gasteiger partial charge < -0.3 is 5.73 Å². The molecule has 4 nitrogen and oxygen atoms in total. The third kappa shape index (κ3) is 7.70. The van der Waals surface area contributed by atoms with E-state index in [1.807, 2.05) is 41.9 Å². The molecule has 0 aliphatic carbocycles. The second-order valence-corrected chi connectivity index (χ2v) is 8.67. The Labute approximate surface area is 183 Å². The third-order valence-corrected chi connectivity index (χ3v) is 6.17. The molecule has 0 spiro atoms. The number of benzene rings is 1. The molecule has 1 heterocycles. The van der Waals surface area contributed by atoms with Crippen molar-refractivity contribution in [1.82, 2.24) is 9.36 Å². The second-order valence-electron chi connectivity index (χ2n) is 8.67. The molecule has 30 heavy (non-hydrogen) atoms. The number of nitrogens with two attached hydrogens (primary N) is 1. The summed E-state index contributed by atoms with van der Waals surface area (Å²) < 4.78 is 3.78. The maximum atomic E-state index is 12.6. The molecule has 0 amide bonds. The van der Waals surface area contributed by atoms with Crippen LogP contribution in [-0.4, -0.2) is 9.36 Å². The number of anilines is 1. The molecule has 0 saturated carbocycles. The Hall–Kier alpha value is -1.97. The second kappa shape index (κ2) is 14.1. The molecule has 2 N–H and O–H groups in total. The zero-order valence-corrected chi connectivity index (χ0v) is 19.4. The van der Waals surface area contributed by atoms with E-state index in [9.17, 15) is 4.79 Å². The van der Waals surface area contributed by atoms with Crippen LogP contribution in [0, 0.1) is 6.92 Å². The van der Waals surface area contributed by atoms with Crippen molar-refractivity contribution in [2.45, 2.75) is 110 Å². The predicted octanol–water partition coefficient (Wildman–Crippen LogP) is 7.01. The highest BCUT2D eigenvalue weighted by molar-refractivity contribution is 5.44. The normalized spacial score (nSPS) is 11.3. The summed E-state index contributed by atoms with van der Waals surface area (Å²) in [7, 11) is 0. The lowest BCUT2D eigenvalue weighted by Crippen LogP contribution is -2.22. The van der Waals surface area contributed by atoms with Crippen LogP contribution >= 0.6 is 0 Å². The number of hydrogen-bond acceptors (Lipinski definition) is 2. The minimum Gasteiger partial charge on any atom is -0.393 e. The summed E-state index contributed by atoms with van der Waals surface area (Å²) in [6, 6.07) is 9.80. The lowest BCUT2D eigenvalue weighted by Gasteiger charge is -2.13. The first-order chi connectivity index (χ1) is 14.7. The SMILES string of the molecule is CCCCCCCCCCCCCCCCn1c(C)c(N)c(=O)n1-c1ccccc1. The molecular weight excluding hydrogens is 370 g/mol. The highest BCUT2D eigenvalue weighted by Crippen LogP contribution is 2.16. The first kappa shape index (κ1) is 24.3. The Balaban J connectivity index is 1.61. The summed E-state index contributed by atoms with van der Waals surface area (Å²) in [6.07, 6.45) is 18.9. The van der Waals surface area contributed by atoms with E-state index >= 15 is 0 Å². The fourth-order valence-electron chi connectivity index (χ4n) is 4.22. The predicted molar refractivity (Wildman–Crippen MR) is 129 cm³/mol. The summed E-state index contributed by atoms with van der Waals surface area (Å²) in [4.78, 5) is 12.6. The van der Waals surface area contributed by atoms with Gasteiger partial charge in [0.1, 0.15) is 5.69 Å². The van der Waals surface area contributed by atoms with Crippen molar-refractivity contribution in [3.63, 3.8) is 0 Å². The Bertz CT molecular complexity index is 761. The molecular formula is C26H43N3O. The van der Waals surface area contributed by atoms with E-state index in [1.54, 1.807) is 4.68 Å². The van der Waals surface area contributed by atoms with Gasteiger partial charge in [0.15, 0.2) is 0 Å². The maximum Gasteiger partial charge on any atom is 0.294 e. The first-order valence-corrected chi connectivity index (χ1v) is 12.3. The summed E-state index contributed by atoms with van der Waals surface area (Å²) in [5, 5.41) is 0. The Morgan fingerprint density at radius 3 is 1.70 bits per heavy atom. The van der Waals surface area contributed by atoms with E-state index in [4.69, 9.17) is 5.73 Å². The summed E-state index contributed by atoms with van der Waals surface area (Å²) in [5.74, 6) is 0. The fraction of sp³-hybridized carbons (Fsp3) is 0.654. The highest BCUT2D eigenvalue weighted by atomic mass is 16.1. The molecule has 0 atom stereocenters. The van der Waals surface area contributed by atoms with Crippen LogP contribution in [0.4, 0.5) is 5.69 Å². The van der Waals surface area contributed by atoms with Gasteiger partial charge in [-0.05, 0) is 25.5 Å². The number of rotatable bonds is 16. The van der Waals surface area contributed by atoms with Crippen LogP contribution in [-0.2, 0) is 6.54 Å². The molecule has 0 saturated heterocycles. The van der Waals surface area contributed by atoms with Gasteiger partial charge in [-0.1, -0.05) is 109 Å². The quantitative estimate of drug-likeness (QED) is 0.301. The van der Waals surface area contributed by atoms with Crippen molar-refractivity contribution >= 4 is 5.69 Å². The summed E-state index contributed by atoms with van der Waals surface area (Å²) in [6.45, 7) is 5.06. The molecule has 0 radical (unpaired) electrons. The van der Waals surface area contributed by atoms with E-state index < -0.39 is 0 Å². The van der Waals surface area contributed by atoms with Crippen LogP contribution in [0.3, 0.4) is 0 Å². The van der Waals surface area contributed by atoms with E-state index in [0.29, 0.717) is 5.69 Å². The van der Waals surface area contributed by atoms with Gasteiger partial charge >= 0.3 is 0 Å². The van der Waals surface area contributed by atoms with Crippen LogP contribution in [0.5, 0.6) is 0 Å². The van der Waals surface area contributed by atoms with E-state index in [0.717, 1.165) is 24.3 Å². The Morgan fingerprint density at radius 1 is 0.733 bits per heavy atom. The van der Waals surface area contributed by atoms with Crippen molar-refractivity contribution in [2.24, 2.45) is 0 Å². The minimum absolute atomic E-state index is 0.107. The van der Waals surface area contributed by atoms with Crippen LogP contribution in [0.1, 0.15) is 103 Å². The first-order valence-electron chi connectivity index (χ1n) is 12.3. The van der Waals surface area contributed by atoms with Gasteiger partial charge in [-0.25, -0.2) is 4.68 Å². The van der Waals surface area contributed by atoms with Gasteiger partial charge in [0.25, 0.3) is 5.56 Å². The van der Waals surface area contributed by atoms with Crippen LogP contribution < -0.4 is 11.3 Å². The van der Waals surface area contributed by atoms with Crippen molar-refractivity contribution in [3.8, 4) is 5.69 Å². The van der Waals surface area contributed by atoms with E-state index in [2.05, 4.69) is 6.92 Å². The third-order valence-electron chi connectivity index (χ3n) is 6.17. The lowest BCUT2D eigenvalue weighted by atomic mass is 10.0. The van der Waals surface area contributed by atoms with Gasteiger partial charge in [0.2, 0.25) is 0 Å². The molecule has 0 aliphatic heterocycles. The van der Waals surface area contributed by atoms with Gasteiger partial charge in [-0.15, -0.1) is 0 Å². The lowest BCUT2D eigenvalue weighted by molar-refractivity contribution is 0.478. The van der Waals surface area contributed by atoms with Gasteiger partial charge in [0, 0.05) is 6.54 Å². The van der Waals surface area contributed by atoms with Gasteiger partial charge in [-0.2, -0.15) is 0 Å². The molecule has 2 aromatic rings. The average molecular weight is 414 g/mol. The largest absolute Gasteiger partial charge is 0.393 e.